The molecule has 0 amide bonds. The second-order valence-corrected chi connectivity index (χ2v) is 7.00. The summed E-state index contributed by atoms with van der Waals surface area (Å²) in [4.78, 5) is -0.929. The molecule has 2 N–H and O–H groups in total. The Morgan fingerprint density at radius 2 is 1.91 bits per heavy atom. The van der Waals surface area contributed by atoms with E-state index in [2.05, 4.69) is 0 Å². The van der Waals surface area contributed by atoms with Crippen LogP contribution in [0.3, 0.4) is 0 Å². The molecule has 1 fully saturated rings. The molecule has 23 heavy (non-hydrogen) atoms. The summed E-state index contributed by atoms with van der Waals surface area (Å²) in [7, 11) is -4.39. The summed E-state index contributed by atoms with van der Waals surface area (Å²) in [6.45, 7) is 0.140. The lowest BCUT2D eigenvalue weighted by Gasteiger charge is -2.34. The minimum absolute atomic E-state index is 0. The quantitative estimate of drug-likeness (QED) is 0.825. The van der Waals surface area contributed by atoms with Crippen LogP contribution in [0.5, 0.6) is 0 Å². The monoisotopic (exact) mass is 376 g/mol. The first-order chi connectivity index (χ1) is 10.2. The lowest BCUT2D eigenvalue weighted by atomic mass is 10.1. The summed E-state index contributed by atoms with van der Waals surface area (Å²) < 4.78 is 78.4. The zero-order chi connectivity index (χ0) is 16.5. The zero-order valence-electron chi connectivity index (χ0n) is 12.0. The van der Waals surface area contributed by atoms with Gasteiger partial charge in [-0.25, -0.2) is 12.8 Å². The lowest BCUT2D eigenvalue weighted by Crippen LogP contribution is -2.47. The lowest BCUT2D eigenvalue weighted by molar-refractivity contribution is -0.140. The summed E-state index contributed by atoms with van der Waals surface area (Å²) in [5.74, 6) is -1.14. The van der Waals surface area contributed by atoms with Gasteiger partial charge in [0.1, 0.15) is 5.82 Å². The SMILES string of the molecule is Cl.NCC1CCCCN1S(=O)(=O)c1ccc(F)cc1C(F)(F)F. The molecule has 1 heterocycles. The number of rotatable bonds is 3. The van der Waals surface area contributed by atoms with E-state index in [-0.39, 0.29) is 31.6 Å². The first-order valence-corrected chi connectivity index (χ1v) is 8.20. The van der Waals surface area contributed by atoms with Crippen LogP contribution in [-0.2, 0) is 16.2 Å². The van der Waals surface area contributed by atoms with Gasteiger partial charge in [0.2, 0.25) is 10.0 Å². The van der Waals surface area contributed by atoms with Crippen LogP contribution < -0.4 is 5.73 Å². The predicted molar refractivity (Wildman–Crippen MR) is 79.2 cm³/mol. The molecule has 132 valence electrons. The molecule has 1 aromatic carbocycles. The number of nitrogens with zero attached hydrogens (tertiary/aromatic N) is 1. The van der Waals surface area contributed by atoms with Crippen molar-refractivity contribution in [2.45, 2.75) is 36.4 Å². The van der Waals surface area contributed by atoms with Crippen molar-refractivity contribution in [1.29, 1.82) is 0 Å². The van der Waals surface area contributed by atoms with Crippen molar-refractivity contribution >= 4 is 22.4 Å². The second kappa shape index (κ2) is 7.33. The van der Waals surface area contributed by atoms with Crippen molar-refractivity contribution in [2.75, 3.05) is 13.1 Å². The van der Waals surface area contributed by atoms with Crippen LogP contribution in [0.1, 0.15) is 24.8 Å². The van der Waals surface area contributed by atoms with Crippen molar-refractivity contribution in [3.05, 3.63) is 29.6 Å². The normalized spacial score (nSPS) is 20.1. The van der Waals surface area contributed by atoms with Crippen LogP contribution >= 0.6 is 12.4 Å². The fourth-order valence-electron chi connectivity index (χ4n) is 2.60. The first kappa shape index (κ1) is 20.1. The Balaban J connectivity index is 0.00000264. The number of sulfonamides is 1. The Morgan fingerprint density at radius 3 is 2.48 bits per heavy atom. The Kier molecular flexibility index (Phi) is 6.42. The molecule has 0 bridgehead atoms. The van der Waals surface area contributed by atoms with Gasteiger partial charge < -0.3 is 5.73 Å². The molecule has 2 rings (SSSR count). The van der Waals surface area contributed by atoms with Crippen LogP contribution in [0.2, 0.25) is 0 Å². The number of piperidine rings is 1. The van der Waals surface area contributed by atoms with Gasteiger partial charge in [0.25, 0.3) is 0 Å². The van der Waals surface area contributed by atoms with Crippen LogP contribution in [0.15, 0.2) is 23.1 Å². The largest absolute Gasteiger partial charge is 0.417 e. The van der Waals surface area contributed by atoms with E-state index < -0.39 is 38.5 Å². The number of hydrogen-bond donors (Lipinski definition) is 1. The Bertz CT molecular complexity index is 652. The molecule has 1 saturated heterocycles. The Labute approximate surface area is 138 Å². The van der Waals surface area contributed by atoms with E-state index in [1.54, 1.807) is 0 Å². The highest BCUT2D eigenvalue weighted by Gasteiger charge is 2.41. The minimum Gasteiger partial charge on any atom is -0.329 e. The van der Waals surface area contributed by atoms with E-state index >= 15 is 0 Å². The summed E-state index contributed by atoms with van der Waals surface area (Å²) in [5.41, 5.74) is 4.04. The standard InChI is InChI=1S/C13H16F4N2O2S.ClH/c14-9-4-5-12(11(7-9)13(15,16)17)22(20,21)19-6-2-1-3-10(19)8-18;/h4-5,7,10H,1-3,6,8,18H2;1H. The van der Waals surface area contributed by atoms with Gasteiger partial charge in [-0.3, -0.25) is 0 Å². The number of benzene rings is 1. The fourth-order valence-corrected chi connectivity index (χ4v) is 4.50. The summed E-state index contributed by atoms with van der Waals surface area (Å²) in [6.07, 6.45) is -3.14. The van der Waals surface area contributed by atoms with E-state index in [0.717, 1.165) is 10.7 Å². The highest BCUT2D eigenvalue weighted by Crippen LogP contribution is 2.37. The molecular formula is C13H17ClF4N2O2S. The molecule has 1 aliphatic heterocycles. The molecule has 1 aromatic rings. The highest BCUT2D eigenvalue weighted by molar-refractivity contribution is 7.89. The third kappa shape index (κ3) is 4.14. The molecule has 1 atom stereocenters. The van der Waals surface area contributed by atoms with Crippen LogP contribution in [0.25, 0.3) is 0 Å². The van der Waals surface area contributed by atoms with Gasteiger partial charge in [-0.1, -0.05) is 6.42 Å². The molecule has 1 aliphatic rings. The van der Waals surface area contributed by atoms with E-state index in [9.17, 15) is 26.0 Å². The van der Waals surface area contributed by atoms with E-state index in [1.165, 1.54) is 0 Å². The summed E-state index contributed by atoms with van der Waals surface area (Å²) >= 11 is 0. The van der Waals surface area contributed by atoms with Crippen molar-refractivity contribution in [1.82, 2.24) is 4.31 Å². The van der Waals surface area contributed by atoms with E-state index in [1.807, 2.05) is 0 Å². The van der Waals surface area contributed by atoms with E-state index in [4.69, 9.17) is 5.73 Å². The first-order valence-electron chi connectivity index (χ1n) is 6.76. The van der Waals surface area contributed by atoms with Crippen molar-refractivity contribution < 1.29 is 26.0 Å². The third-order valence-electron chi connectivity index (χ3n) is 3.68. The van der Waals surface area contributed by atoms with E-state index in [0.29, 0.717) is 25.0 Å². The Hall–Kier alpha value is -0.900. The molecule has 0 radical (unpaired) electrons. The number of halogens is 5. The van der Waals surface area contributed by atoms with Gasteiger partial charge >= 0.3 is 6.18 Å². The zero-order valence-corrected chi connectivity index (χ0v) is 13.6. The average Bonchev–Trinajstić information content (AvgIpc) is 2.46. The number of nitrogens with two attached hydrogens (primary N) is 1. The maximum Gasteiger partial charge on any atom is 0.417 e. The molecule has 0 aromatic heterocycles. The average molecular weight is 377 g/mol. The van der Waals surface area contributed by atoms with Crippen molar-refractivity contribution in [3.8, 4) is 0 Å². The molecule has 0 saturated carbocycles. The van der Waals surface area contributed by atoms with Crippen LogP contribution in [-0.4, -0.2) is 31.9 Å². The third-order valence-corrected chi connectivity index (χ3v) is 5.69. The number of alkyl halides is 3. The van der Waals surface area contributed by atoms with Gasteiger partial charge in [0, 0.05) is 19.1 Å². The molecule has 0 spiro atoms. The van der Waals surface area contributed by atoms with Crippen molar-refractivity contribution in [3.63, 3.8) is 0 Å². The van der Waals surface area contributed by atoms with Gasteiger partial charge in [-0.15, -0.1) is 12.4 Å². The van der Waals surface area contributed by atoms with Gasteiger partial charge in [0.05, 0.1) is 10.5 Å². The van der Waals surface area contributed by atoms with Crippen molar-refractivity contribution in [2.24, 2.45) is 5.73 Å². The smallest absolute Gasteiger partial charge is 0.329 e. The molecule has 1 unspecified atom stereocenters. The predicted octanol–water partition coefficient (Wildman–Crippen LogP) is 2.77. The molecular weight excluding hydrogens is 360 g/mol. The maximum atomic E-state index is 13.1. The Morgan fingerprint density at radius 1 is 1.26 bits per heavy atom. The summed E-state index contributed by atoms with van der Waals surface area (Å²) in [5, 5.41) is 0. The van der Waals surface area contributed by atoms with Gasteiger partial charge in [0.15, 0.2) is 0 Å². The van der Waals surface area contributed by atoms with Crippen LogP contribution in [0.4, 0.5) is 17.6 Å². The van der Waals surface area contributed by atoms with Gasteiger partial charge in [-0.2, -0.15) is 17.5 Å². The summed E-state index contributed by atoms with van der Waals surface area (Å²) in [6, 6.07) is 1.04. The molecule has 10 heteroatoms. The maximum absolute atomic E-state index is 13.1. The molecule has 0 aliphatic carbocycles. The fraction of sp³-hybridized carbons (Fsp3) is 0.538. The topological polar surface area (TPSA) is 63.4 Å². The minimum atomic E-state index is -4.96. The molecule has 4 nitrogen and oxygen atoms in total. The second-order valence-electron chi connectivity index (χ2n) is 5.14. The highest BCUT2D eigenvalue weighted by atomic mass is 35.5. The number of hydrogen-bond acceptors (Lipinski definition) is 3. The van der Waals surface area contributed by atoms with Crippen LogP contribution in [0, 0.1) is 5.82 Å². The van der Waals surface area contributed by atoms with Gasteiger partial charge in [-0.05, 0) is 31.0 Å².